The second-order valence-electron chi connectivity index (χ2n) is 7.07. The Bertz CT molecular complexity index is 455. The average molecular weight is 291 g/mol. The second-order valence-corrected chi connectivity index (χ2v) is 7.79. The molecule has 0 saturated heterocycles. The maximum Gasteiger partial charge on any atom is 0.0795 e. The van der Waals surface area contributed by atoms with Gasteiger partial charge < -0.3 is 0 Å². The number of hydrogen-bond donors (Lipinski definition) is 0. The van der Waals surface area contributed by atoms with Crippen molar-refractivity contribution >= 4 is 11.3 Å². The van der Waals surface area contributed by atoms with Crippen LogP contribution in [0.4, 0.5) is 0 Å². The first-order valence-corrected chi connectivity index (χ1v) is 8.33. The molecule has 1 saturated carbocycles. The van der Waals surface area contributed by atoms with Gasteiger partial charge in [-0.2, -0.15) is 5.26 Å². The molecule has 3 atom stereocenters. The van der Waals surface area contributed by atoms with Crippen molar-refractivity contribution in [3.8, 4) is 6.07 Å². The zero-order valence-corrected chi connectivity index (χ0v) is 13.8. The third kappa shape index (κ3) is 3.59. The maximum absolute atomic E-state index is 9.44. The van der Waals surface area contributed by atoms with Crippen molar-refractivity contribution in [3.63, 3.8) is 0 Å². The molecule has 1 heterocycles. The maximum atomic E-state index is 9.44. The van der Waals surface area contributed by atoms with E-state index in [0.717, 1.165) is 25.1 Å². The molecule has 3 unspecified atom stereocenters. The highest BCUT2D eigenvalue weighted by atomic mass is 32.1. The molecule has 4 heteroatoms. The number of nitrogens with zero attached hydrogens (tertiary/aromatic N) is 3. The molecule has 110 valence electrons. The van der Waals surface area contributed by atoms with Gasteiger partial charge in [-0.1, -0.05) is 20.8 Å². The van der Waals surface area contributed by atoms with Crippen LogP contribution in [0.15, 0.2) is 10.9 Å². The predicted molar refractivity (Wildman–Crippen MR) is 83.3 cm³/mol. The molecule has 1 aromatic heterocycles. The number of thiazole rings is 1. The van der Waals surface area contributed by atoms with Gasteiger partial charge in [-0.25, -0.2) is 4.98 Å². The molecule has 2 rings (SSSR count). The van der Waals surface area contributed by atoms with Crippen LogP contribution in [0.5, 0.6) is 0 Å². The van der Waals surface area contributed by atoms with Crippen LogP contribution in [-0.2, 0) is 6.54 Å². The van der Waals surface area contributed by atoms with E-state index in [1.165, 1.54) is 6.42 Å². The number of aromatic nitrogens is 1. The van der Waals surface area contributed by atoms with Crippen LogP contribution >= 0.6 is 11.3 Å². The van der Waals surface area contributed by atoms with Crippen molar-refractivity contribution in [1.82, 2.24) is 9.88 Å². The van der Waals surface area contributed by atoms with Gasteiger partial charge in [0, 0.05) is 18.0 Å². The summed E-state index contributed by atoms with van der Waals surface area (Å²) in [5, 5.41) is 11.5. The van der Waals surface area contributed by atoms with Crippen LogP contribution in [0, 0.1) is 28.6 Å². The highest BCUT2D eigenvalue weighted by Gasteiger charge is 2.37. The van der Waals surface area contributed by atoms with Gasteiger partial charge >= 0.3 is 0 Å². The molecule has 1 aliphatic rings. The van der Waals surface area contributed by atoms with E-state index in [1.54, 1.807) is 11.3 Å². The monoisotopic (exact) mass is 291 g/mol. The van der Waals surface area contributed by atoms with Gasteiger partial charge in [0.2, 0.25) is 0 Å². The van der Waals surface area contributed by atoms with Gasteiger partial charge in [0.25, 0.3) is 0 Å². The summed E-state index contributed by atoms with van der Waals surface area (Å²) < 4.78 is 0. The molecule has 0 aliphatic heterocycles. The fourth-order valence-electron chi connectivity index (χ4n) is 3.26. The molecular weight excluding hydrogens is 266 g/mol. The van der Waals surface area contributed by atoms with E-state index in [1.807, 2.05) is 5.51 Å². The SMILES string of the molecule is CN(Cc1cscn1)C1CC(C(C)(C)C)CCC1C#N. The van der Waals surface area contributed by atoms with Crippen LogP contribution in [-0.4, -0.2) is 23.0 Å². The van der Waals surface area contributed by atoms with E-state index in [2.05, 4.69) is 49.2 Å². The summed E-state index contributed by atoms with van der Waals surface area (Å²) in [7, 11) is 2.14. The molecule has 1 aromatic rings. The summed E-state index contributed by atoms with van der Waals surface area (Å²) >= 11 is 1.64. The van der Waals surface area contributed by atoms with Crippen LogP contribution < -0.4 is 0 Å². The fraction of sp³-hybridized carbons (Fsp3) is 0.750. The van der Waals surface area contributed by atoms with Crippen molar-refractivity contribution in [2.24, 2.45) is 17.3 Å². The van der Waals surface area contributed by atoms with Crippen LogP contribution in [0.2, 0.25) is 0 Å². The summed E-state index contributed by atoms with van der Waals surface area (Å²) in [6.45, 7) is 7.81. The lowest BCUT2D eigenvalue weighted by atomic mass is 9.68. The Morgan fingerprint density at radius 1 is 1.45 bits per heavy atom. The molecule has 3 nitrogen and oxygen atoms in total. The van der Waals surface area contributed by atoms with E-state index in [9.17, 15) is 5.26 Å². The standard InChI is InChI=1S/C16H25N3S/c1-16(2,3)13-6-5-12(8-17)15(7-13)19(4)9-14-10-20-11-18-14/h10-13,15H,5-7,9H2,1-4H3. The minimum Gasteiger partial charge on any atom is -0.296 e. The lowest BCUT2D eigenvalue weighted by molar-refractivity contribution is 0.0708. The predicted octanol–water partition coefficient (Wildman–Crippen LogP) is 3.93. The molecule has 0 amide bonds. The molecule has 1 fully saturated rings. The summed E-state index contributed by atoms with van der Waals surface area (Å²) in [6.07, 6.45) is 3.34. The van der Waals surface area contributed by atoms with E-state index in [4.69, 9.17) is 0 Å². The Labute approximate surface area is 126 Å². The number of hydrogen-bond acceptors (Lipinski definition) is 4. The quantitative estimate of drug-likeness (QED) is 0.847. The van der Waals surface area contributed by atoms with Crippen molar-refractivity contribution < 1.29 is 0 Å². The van der Waals surface area contributed by atoms with Crippen molar-refractivity contribution in [1.29, 1.82) is 5.26 Å². The second kappa shape index (κ2) is 6.24. The smallest absolute Gasteiger partial charge is 0.0795 e. The molecule has 0 N–H and O–H groups in total. The summed E-state index contributed by atoms with van der Waals surface area (Å²) in [5.74, 6) is 0.868. The van der Waals surface area contributed by atoms with Gasteiger partial charge in [-0.05, 0) is 37.6 Å². The molecule has 1 aliphatic carbocycles. The zero-order valence-electron chi connectivity index (χ0n) is 13.0. The first-order chi connectivity index (χ1) is 9.41. The highest BCUT2D eigenvalue weighted by molar-refractivity contribution is 7.07. The third-order valence-corrected chi connectivity index (χ3v) is 5.30. The van der Waals surface area contributed by atoms with E-state index in [0.29, 0.717) is 17.4 Å². The number of rotatable bonds is 3. The lowest BCUT2D eigenvalue weighted by Gasteiger charge is -2.43. The van der Waals surface area contributed by atoms with Crippen LogP contribution in [0.25, 0.3) is 0 Å². The summed E-state index contributed by atoms with van der Waals surface area (Å²) in [4.78, 5) is 6.70. The Kier molecular flexibility index (Phi) is 4.82. The van der Waals surface area contributed by atoms with Crippen LogP contribution in [0.1, 0.15) is 45.7 Å². The van der Waals surface area contributed by atoms with Crippen LogP contribution in [0.3, 0.4) is 0 Å². The van der Waals surface area contributed by atoms with Crippen molar-refractivity contribution in [2.45, 2.75) is 52.6 Å². The van der Waals surface area contributed by atoms with E-state index >= 15 is 0 Å². The Balaban J connectivity index is 2.07. The largest absolute Gasteiger partial charge is 0.296 e. The topological polar surface area (TPSA) is 39.9 Å². The molecular formula is C16H25N3S. The highest BCUT2D eigenvalue weighted by Crippen LogP contribution is 2.41. The summed E-state index contributed by atoms with van der Waals surface area (Å²) in [5.41, 5.74) is 3.33. The molecule has 20 heavy (non-hydrogen) atoms. The van der Waals surface area contributed by atoms with Gasteiger partial charge in [0.15, 0.2) is 0 Å². The van der Waals surface area contributed by atoms with Crippen molar-refractivity contribution in [2.75, 3.05) is 7.05 Å². The minimum absolute atomic E-state index is 0.164. The fourth-order valence-corrected chi connectivity index (χ4v) is 3.81. The zero-order chi connectivity index (χ0) is 14.8. The molecule has 0 spiro atoms. The van der Waals surface area contributed by atoms with E-state index in [-0.39, 0.29) is 5.92 Å². The molecule has 0 radical (unpaired) electrons. The normalized spacial score (nSPS) is 27.5. The Morgan fingerprint density at radius 3 is 2.75 bits per heavy atom. The first kappa shape index (κ1) is 15.5. The van der Waals surface area contributed by atoms with Gasteiger partial charge in [0.1, 0.15) is 0 Å². The summed E-state index contributed by atoms with van der Waals surface area (Å²) in [6, 6.07) is 2.89. The minimum atomic E-state index is 0.164. The number of nitriles is 1. The van der Waals surface area contributed by atoms with Gasteiger partial charge in [-0.15, -0.1) is 11.3 Å². The van der Waals surface area contributed by atoms with Crippen molar-refractivity contribution in [3.05, 3.63) is 16.6 Å². The lowest BCUT2D eigenvalue weighted by Crippen LogP contribution is -2.44. The average Bonchev–Trinajstić information content (AvgIpc) is 2.89. The molecule has 0 bridgehead atoms. The van der Waals surface area contributed by atoms with Gasteiger partial charge in [-0.3, -0.25) is 4.90 Å². The Morgan fingerprint density at radius 2 is 2.20 bits per heavy atom. The third-order valence-electron chi connectivity index (χ3n) is 4.67. The van der Waals surface area contributed by atoms with E-state index < -0.39 is 0 Å². The molecule has 0 aromatic carbocycles. The Hall–Kier alpha value is -0.920. The van der Waals surface area contributed by atoms with Gasteiger partial charge in [0.05, 0.1) is 23.2 Å². The first-order valence-electron chi connectivity index (χ1n) is 7.38.